The number of halogens is 1. The van der Waals surface area contributed by atoms with Gasteiger partial charge in [-0.2, -0.15) is 0 Å². The van der Waals surface area contributed by atoms with E-state index in [1.807, 2.05) is 0 Å². The molecule has 1 heterocycles. The second-order valence-corrected chi connectivity index (χ2v) is 4.07. The molecule has 0 spiro atoms. The maximum Gasteiger partial charge on any atom is 0.136 e. The lowest BCUT2D eigenvalue weighted by atomic mass is 10.2. The zero-order valence-electron chi connectivity index (χ0n) is 8.61. The van der Waals surface area contributed by atoms with Crippen LogP contribution in [-0.4, -0.2) is 9.59 Å². The Kier molecular flexibility index (Phi) is 3.00. The minimum atomic E-state index is -0.290. The number of nitrogens with zero attached hydrogens (tertiary/aromatic N) is 2. The van der Waals surface area contributed by atoms with E-state index in [0.29, 0.717) is 22.0 Å². The van der Waals surface area contributed by atoms with E-state index in [2.05, 4.69) is 9.59 Å². The molecule has 1 aromatic heterocycles. The van der Waals surface area contributed by atoms with Crippen LogP contribution in [-0.2, 0) is 6.61 Å². The lowest BCUT2D eigenvalue weighted by molar-refractivity contribution is 0.300. The quantitative estimate of drug-likeness (QED) is 0.891. The van der Waals surface area contributed by atoms with Crippen molar-refractivity contribution in [2.24, 2.45) is 0 Å². The fourth-order valence-corrected chi connectivity index (χ4v) is 1.56. The molecule has 84 valence electrons. The van der Waals surface area contributed by atoms with Crippen LogP contribution in [0, 0.1) is 12.7 Å². The van der Waals surface area contributed by atoms with Gasteiger partial charge in [0.1, 0.15) is 28.9 Å². The summed E-state index contributed by atoms with van der Waals surface area (Å²) in [6.07, 6.45) is 0. The van der Waals surface area contributed by atoms with Crippen molar-refractivity contribution >= 4 is 16.5 Å². The number of benzene rings is 1. The van der Waals surface area contributed by atoms with Crippen LogP contribution >= 0.6 is 11.5 Å². The standard InChI is InChI=1S/C10H10FN3OS/c1-6-2-3-7(4-8(6)11)15-5-9-10(12)16-14-13-9/h2-4H,5,12H2,1H3. The topological polar surface area (TPSA) is 61.0 Å². The number of nitrogen functional groups attached to an aromatic ring is 1. The summed E-state index contributed by atoms with van der Waals surface area (Å²) in [6.45, 7) is 1.90. The van der Waals surface area contributed by atoms with Crippen molar-refractivity contribution in [3.63, 3.8) is 0 Å². The summed E-state index contributed by atoms with van der Waals surface area (Å²) >= 11 is 1.11. The summed E-state index contributed by atoms with van der Waals surface area (Å²) < 4.78 is 22.2. The van der Waals surface area contributed by atoms with Gasteiger partial charge in [0.2, 0.25) is 0 Å². The van der Waals surface area contributed by atoms with Crippen molar-refractivity contribution in [2.75, 3.05) is 5.73 Å². The molecular weight excluding hydrogens is 229 g/mol. The van der Waals surface area contributed by atoms with E-state index < -0.39 is 0 Å². The Morgan fingerprint density at radius 3 is 2.94 bits per heavy atom. The van der Waals surface area contributed by atoms with Gasteiger partial charge in [-0.05, 0) is 18.6 Å². The molecule has 0 bridgehead atoms. The summed E-state index contributed by atoms with van der Waals surface area (Å²) in [5.41, 5.74) is 6.76. The third-order valence-corrected chi connectivity index (χ3v) is 2.70. The maximum atomic E-state index is 13.2. The van der Waals surface area contributed by atoms with Crippen molar-refractivity contribution in [1.82, 2.24) is 9.59 Å². The molecule has 1 aromatic carbocycles. The molecular formula is C10H10FN3OS. The smallest absolute Gasteiger partial charge is 0.136 e. The number of anilines is 1. The Labute approximate surface area is 96.0 Å². The largest absolute Gasteiger partial charge is 0.487 e. The van der Waals surface area contributed by atoms with Gasteiger partial charge < -0.3 is 10.5 Å². The van der Waals surface area contributed by atoms with E-state index in [0.717, 1.165) is 11.5 Å². The van der Waals surface area contributed by atoms with Gasteiger partial charge in [-0.1, -0.05) is 10.6 Å². The normalized spacial score (nSPS) is 10.4. The van der Waals surface area contributed by atoms with E-state index in [-0.39, 0.29) is 12.4 Å². The summed E-state index contributed by atoms with van der Waals surface area (Å²) in [5.74, 6) is 0.164. The SMILES string of the molecule is Cc1ccc(OCc2nnsc2N)cc1F. The van der Waals surface area contributed by atoms with Crippen LogP contribution in [0.1, 0.15) is 11.3 Å². The zero-order valence-corrected chi connectivity index (χ0v) is 9.42. The van der Waals surface area contributed by atoms with Gasteiger partial charge in [0, 0.05) is 17.6 Å². The molecule has 0 atom stereocenters. The number of rotatable bonds is 3. The highest BCUT2D eigenvalue weighted by Gasteiger charge is 2.06. The Bertz CT molecular complexity index is 501. The molecule has 2 N–H and O–H groups in total. The highest BCUT2D eigenvalue weighted by molar-refractivity contribution is 7.09. The zero-order chi connectivity index (χ0) is 11.5. The molecule has 0 aliphatic heterocycles. The number of aromatic nitrogens is 2. The van der Waals surface area contributed by atoms with E-state index >= 15 is 0 Å². The molecule has 0 unspecified atom stereocenters. The van der Waals surface area contributed by atoms with Crippen molar-refractivity contribution < 1.29 is 9.13 Å². The first-order chi connectivity index (χ1) is 7.66. The van der Waals surface area contributed by atoms with Gasteiger partial charge in [-0.25, -0.2) is 4.39 Å². The molecule has 0 fully saturated rings. The van der Waals surface area contributed by atoms with Crippen LogP contribution < -0.4 is 10.5 Å². The van der Waals surface area contributed by atoms with Gasteiger partial charge in [-0.15, -0.1) is 5.10 Å². The minimum absolute atomic E-state index is 0.199. The van der Waals surface area contributed by atoms with Crippen LogP contribution in [0.25, 0.3) is 0 Å². The summed E-state index contributed by atoms with van der Waals surface area (Å²) in [4.78, 5) is 0. The van der Waals surface area contributed by atoms with Crippen LogP contribution in [0.4, 0.5) is 9.39 Å². The Hall–Kier alpha value is -1.69. The molecule has 0 saturated heterocycles. The summed E-state index contributed by atoms with van der Waals surface area (Å²) in [5, 5.41) is 4.32. The number of aryl methyl sites for hydroxylation is 1. The molecule has 6 heteroatoms. The Balaban J connectivity index is 2.05. The highest BCUT2D eigenvalue weighted by atomic mass is 32.1. The minimum Gasteiger partial charge on any atom is -0.487 e. The van der Waals surface area contributed by atoms with Gasteiger partial charge in [-0.3, -0.25) is 0 Å². The second kappa shape index (κ2) is 4.44. The second-order valence-electron chi connectivity index (χ2n) is 3.28. The summed E-state index contributed by atoms with van der Waals surface area (Å²) in [7, 11) is 0. The molecule has 2 aromatic rings. The van der Waals surface area contributed by atoms with E-state index in [1.54, 1.807) is 19.1 Å². The number of nitrogens with two attached hydrogens (primary N) is 1. The van der Waals surface area contributed by atoms with Gasteiger partial charge in [0.05, 0.1) is 0 Å². The average Bonchev–Trinajstić information content (AvgIpc) is 2.66. The van der Waals surface area contributed by atoms with Gasteiger partial charge in [0.15, 0.2) is 0 Å². The highest BCUT2D eigenvalue weighted by Crippen LogP contribution is 2.19. The van der Waals surface area contributed by atoms with E-state index in [4.69, 9.17) is 10.5 Å². The van der Waals surface area contributed by atoms with E-state index in [9.17, 15) is 4.39 Å². The molecule has 0 amide bonds. The average molecular weight is 239 g/mol. The van der Waals surface area contributed by atoms with Crippen molar-refractivity contribution in [3.05, 3.63) is 35.3 Å². The van der Waals surface area contributed by atoms with Crippen LogP contribution in [0.15, 0.2) is 18.2 Å². The maximum absolute atomic E-state index is 13.2. The molecule has 4 nitrogen and oxygen atoms in total. The van der Waals surface area contributed by atoms with Gasteiger partial charge in [0.25, 0.3) is 0 Å². The first-order valence-electron chi connectivity index (χ1n) is 4.62. The predicted molar refractivity (Wildman–Crippen MR) is 59.8 cm³/mol. The number of ether oxygens (including phenoxy) is 1. The third-order valence-electron chi connectivity index (χ3n) is 2.10. The molecule has 0 saturated carbocycles. The number of hydrogen-bond donors (Lipinski definition) is 1. The lowest BCUT2D eigenvalue weighted by Crippen LogP contribution is -1.99. The third kappa shape index (κ3) is 2.27. The fraction of sp³-hybridized carbons (Fsp3) is 0.200. The molecule has 16 heavy (non-hydrogen) atoms. The summed E-state index contributed by atoms with van der Waals surface area (Å²) in [6, 6.07) is 4.70. The van der Waals surface area contributed by atoms with Gasteiger partial charge >= 0.3 is 0 Å². The fourth-order valence-electron chi connectivity index (χ4n) is 1.13. The molecule has 0 aliphatic rings. The first-order valence-corrected chi connectivity index (χ1v) is 5.40. The van der Waals surface area contributed by atoms with E-state index in [1.165, 1.54) is 6.07 Å². The number of hydrogen-bond acceptors (Lipinski definition) is 5. The first kappa shape index (κ1) is 10.8. The van der Waals surface area contributed by atoms with Crippen molar-refractivity contribution in [3.8, 4) is 5.75 Å². The van der Waals surface area contributed by atoms with Crippen molar-refractivity contribution in [2.45, 2.75) is 13.5 Å². The lowest BCUT2D eigenvalue weighted by Gasteiger charge is -2.05. The predicted octanol–water partition coefficient (Wildman–Crippen LogP) is 2.15. The molecule has 0 aliphatic carbocycles. The Morgan fingerprint density at radius 2 is 2.31 bits per heavy atom. The molecule has 0 radical (unpaired) electrons. The molecule has 2 rings (SSSR count). The Morgan fingerprint density at radius 1 is 1.50 bits per heavy atom. The monoisotopic (exact) mass is 239 g/mol. The van der Waals surface area contributed by atoms with Crippen LogP contribution in [0.3, 0.4) is 0 Å². The van der Waals surface area contributed by atoms with Crippen molar-refractivity contribution in [1.29, 1.82) is 0 Å². The van der Waals surface area contributed by atoms with Crippen LogP contribution in [0.5, 0.6) is 5.75 Å². The van der Waals surface area contributed by atoms with Crippen LogP contribution in [0.2, 0.25) is 0 Å².